The highest BCUT2D eigenvalue weighted by Crippen LogP contribution is 2.21. The summed E-state index contributed by atoms with van der Waals surface area (Å²) >= 11 is 0. The topological polar surface area (TPSA) is 56.2 Å². The molecule has 2 aromatic rings. The smallest absolute Gasteiger partial charge is 0.324 e. The number of nitrogens with one attached hydrogen (secondary N) is 1. The highest BCUT2D eigenvalue weighted by atomic mass is 16.5. The molecule has 1 aromatic heterocycles. The third-order valence-electron chi connectivity index (χ3n) is 3.61. The Kier molecular flexibility index (Phi) is 4.01. The molecule has 0 bridgehead atoms. The fourth-order valence-corrected chi connectivity index (χ4v) is 2.30. The summed E-state index contributed by atoms with van der Waals surface area (Å²) in [7, 11) is 1.42. The van der Waals surface area contributed by atoms with Crippen LogP contribution in [0.2, 0.25) is 0 Å². The molecular weight excluding hydrogens is 266 g/mol. The Balaban J connectivity index is 1.71. The van der Waals surface area contributed by atoms with Gasteiger partial charge in [-0.1, -0.05) is 30.3 Å². The summed E-state index contributed by atoms with van der Waals surface area (Å²) in [5, 5.41) is 7.65. The molecule has 0 spiro atoms. The van der Waals surface area contributed by atoms with Crippen LogP contribution in [0.15, 0.2) is 42.7 Å². The zero-order chi connectivity index (χ0) is 14.7. The summed E-state index contributed by atoms with van der Waals surface area (Å²) in [6, 6.07) is 10.2. The minimum Gasteiger partial charge on any atom is -0.468 e. The molecule has 5 nitrogen and oxygen atoms in total. The SMILES string of the molecule is COC(=O)C(Cn1cc(-c2ccccc2)cn1)NC1CC1. The second-order valence-corrected chi connectivity index (χ2v) is 5.33. The van der Waals surface area contributed by atoms with Gasteiger partial charge < -0.3 is 10.1 Å². The lowest BCUT2D eigenvalue weighted by atomic mass is 10.1. The number of carbonyl (C=O) groups excluding carboxylic acids is 1. The van der Waals surface area contributed by atoms with Gasteiger partial charge in [0.1, 0.15) is 6.04 Å². The first-order valence-corrected chi connectivity index (χ1v) is 7.18. The molecule has 1 unspecified atom stereocenters. The molecule has 3 rings (SSSR count). The van der Waals surface area contributed by atoms with Crippen LogP contribution in [-0.4, -0.2) is 34.9 Å². The first-order valence-electron chi connectivity index (χ1n) is 7.18. The zero-order valence-electron chi connectivity index (χ0n) is 12.0. The van der Waals surface area contributed by atoms with Gasteiger partial charge >= 0.3 is 5.97 Å². The van der Waals surface area contributed by atoms with E-state index in [-0.39, 0.29) is 12.0 Å². The van der Waals surface area contributed by atoms with Crippen LogP contribution in [0, 0.1) is 0 Å². The average molecular weight is 285 g/mol. The van der Waals surface area contributed by atoms with Gasteiger partial charge in [-0.15, -0.1) is 0 Å². The first-order chi connectivity index (χ1) is 10.3. The number of esters is 1. The van der Waals surface area contributed by atoms with Crippen LogP contribution in [0.5, 0.6) is 0 Å². The van der Waals surface area contributed by atoms with Crippen molar-refractivity contribution in [3.63, 3.8) is 0 Å². The Morgan fingerprint density at radius 1 is 1.38 bits per heavy atom. The lowest BCUT2D eigenvalue weighted by Crippen LogP contribution is -2.42. The van der Waals surface area contributed by atoms with E-state index in [0.29, 0.717) is 12.6 Å². The molecule has 0 saturated heterocycles. The summed E-state index contributed by atoms with van der Waals surface area (Å²) < 4.78 is 6.65. The van der Waals surface area contributed by atoms with E-state index in [4.69, 9.17) is 4.74 Å². The second kappa shape index (κ2) is 6.10. The van der Waals surface area contributed by atoms with Crippen LogP contribution >= 0.6 is 0 Å². The summed E-state index contributed by atoms with van der Waals surface area (Å²) in [6.07, 6.45) is 6.03. The van der Waals surface area contributed by atoms with E-state index in [1.54, 1.807) is 4.68 Å². The second-order valence-electron chi connectivity index (χ2n) is 5.33. The number of aromatic nitrogens is 2. The predicted molar refractivity (Wildman–Crippen MR) is 79.6 cm³/mol. The minimum atomic E-state index is -0.342. The molecule has 0 aliphatic heterocycles. The fraction of sp³-hybridized carbons (Fsp3) is 0.375. The maximum atomic E-state index is 11.8. The van der Waals surface area contributed by atoms with Gasteiger partial charge in [-0.2, -0.15) is 5.10 Å². The van der Waals surface area contributed by atoms with E-state index in [1.807, 2.05) is 42.7 Å². The Morgan fingerprint density at radius 3 is 2.81 bits per heavy atom. The Hall–Kier alpha value is -2.14. The monoisotopic (exact) mass is 285 g/mol. The van der Waals surface area contributed by atoms with Crippen molar-refractivity contribution in [3.05, 3.63) is 42.7 Å². The number of carbonyl (C=O) groups is 1. The van der Waals surface area contributed by atoms with Gasteiger partial charge in [0.2, 0.25) is 0 Å². The van der Waals surface area contributed by atoms with Crippen LogP contribution in [0.1, 0.15) is 12.8 Å². The van der Waals surface area contributed by atoms with E-state index in [1.165, 1.54) is 7.11 Å². The molecule has 0 radical (unpaired) electrons. The Labute approximate surface area is 123 Å². The van der Waals surface area contributed by atoms with Crippen molar-refractivity contribution in [2.24, 2.45) is 0 Å². The van der Waals surface area contributed by atoms with Gasteiger partial charge in [-0.3, -0.25) is 9.48 Å². The van der Waals surface area contributed by atoms with Crippen LogP contribution < -0.4 is 5.32 Å². The largest absolute Gasteiger partial charge is 0.468 e. The van der Waals surface area contributed by atoms with Crippen molar-refractivity contribution in [2.75, 3.05) is 7.11 Å². The quantitative estimate of drug-likeness (QED) is 0.823. The summed E-state index contributed by atoms with van der Waals surface area (Å²) in [6.45, 7) is 0.482. The maximum absolute atomic E-state index is 11.8. The third kappa shape index (κ3) is 3.49. The molecule has 1 saturated carbocycles. The van der Waals surface area contributed by atoms with Crippen molar-refractivity contribution in [2.45, 2.75) is 31.5 Å². The number of methoxy groups -OCH3 is 1. The van der Waals surface area contributed by atoms with Crippen molar-refractivity contribution >= 4 is 5.97 Å². The van der Waals surface area contributed by atoms with Gasteiger partial charge in [0.15, 0.2) is 0 Å². The van der Waals surface area contributed by atoms with Crippen molar-refractivity contribution in [1.82, 2.24) is 15.1 Å². The van der Waals surface area contributed by atoms with Gasteiger partial charge in [-0.05, 0) is 18.4 Å². The summed E-state index contributed by atoms with van der Waals surface area (Å²) in [5.41, 5.74) is 2.17. The molecule has 21 heavy (non-hydrogen) atoms. The molecule has 1 aliphatic carbocycles. The van der Waals surface area contributed by atoms with Gasteiger partial charge in [0.05, 0.1) is 19.9 Å². The average Bonchev–Trinajstić information content (AvgIpc) is 3.22. The molecule has 0 amide bonds. The van der Waals surface area contributed by atoms with E-state index < -0.39 is 0 Å². The number of ether oxygens (including phenoxy) is 1. The summed E-state index contributed by atoms with van der Waals surface area (Å²) in [4.78, 5) is 11.8. The Morgan fingerprint density at radius 2 is 2.14 bits per heavy atom. The summed E-state index contributed by atoms with van der Waals surface area (Å²) in [5.74, 6) is -0.237. The lowest BCUT2D eigenvalue weighted by Gasteiger charge is -2.15. The van der Waals surface area contributed by atoms with E-state index in [2.05, 4.69) is 10.4 Å². The molecule has 1 aliphatic rings. The zero-order valence-corrected chi connectivity index (χ0v) is 12.0. The molecule has 5 heteroatoms. The number of nitrogens with zero attached hydrogens (tertiary/aromatic N) is 2. The maximum Gasteiger partial charge on any atom is 0.324 e. The lowest BCUT2D eigenvalue weighted by molar-refractivity contribution is -0.143. The van der Waals surface area contributed by atoms with Crippen LogP contribution in [0.4, 0.5) is 0 Å². The van der Waals surface area contributed by atoms with Crippen molar-refractivity contribution in [3.8, 4) is 11.1 Å². The van der Waals surface area contributed by atoms with E-state index >= 15 is 0 Å². The van der Waals surface area contributed by atoms with Gasteiger partial charge in [0.25, 0.3) is 0 Å². The molecule has 1 heterocycles. The highest BCUT2D eigenvalue weighted by Gasteiger charge is 2.29. The highest BCUT2D eigenvalue weighted by molar-refractivity contribution is 5.75. The molecular formula is C16H19N3O2. The number of benzene rings is 1. The normalized spacial score (nSPS) is 15.7. The number of hydrogen-bond acceptors (Lipinski definition) is 4. The van der Waals surface area contributed by atoms with E-state index in [9.17, 15) is 4.79 Å². The number of rotatable bonds is 6. The van der Waals surface area contributed by atoms with Crippen molar-refractivity contribution in [1.29, 1.82) is 0 Å². The van der Waals surface area contributed by atoms with Crippen LogP contribution in [0.3, 0.4) is 0 Å². The fourth-order valence-electron chi connectivity index (χ4n) is 2.30. The van der Waals surface area contributed by atoms with E-state index in [0.717, 1.165) is 24.0 Å². The first kappa shape index (κ1) is 13.8. The predicted octanol–water partition coefficient (Wildman–Crippen LogP) is 1.84. The van der Waals surface area contributed by atoms with Crippen molar-refractivity contribution < 1.29 is 9.53 Å². The van der Waals surface area contributed by atoms with Gasteiger partial charge in [0, 0.05) is 17.8 Å². The molecule has 1 aromatic carbocycles. The molecule has 1 atom stereocenters. The molecule has 110 valence electrons. The molecule has 1 fully saturated rings. The molecule has 1 N–H and O–H groups in total. The Bertz CT molecular complexity index is 605. The van der Waals surface area contributed by atoms with Gasteiger partial charge in [-0.25, -0.2) is 0 Å². The standard InChI is InChI=1S/C16H19N3O2/c1-21-16(20)15(18-14-7-8-14)11-19-10-13(9-17-19)12-5-3-2-4-6-12/h2-6,9-10,14-15,18H,7-8,11H2,1H3. The third-order valence-corrected chi connectivity index (χ3v) is 3.61. The van der Waals surface area contributed by atoms with Crippen LogP contribution in [0.25, 0.3) is 11.1 Å². The van der Waals surface area contributed by atoms with Crippen LogP contribution in [-0.2, 0) is 16.1 Å². The number of hydrogen-bond donors (Lipinski definition) is 1. The minimum absolute atomic E-state index is 0.237.